The number of carbonyl (C=O) groups excluding carboxylic acids is 1. The first-order chi connectivity index (χ1) is 28.3. The van der Waals surface area contributed by atoms with E-state index >= 15 is 4.79 Å². The lowest BCUT2D eigenvalue weighted by atomic mass is 9.97. The highest BCUT2D eigenvalue weighted by atomic mass is 16.2. The Labute approximate surface area is 329 Å². The highest BCUT2D eigenvalue weighted by Gasteiger charge is 2.42. The topological polar surface area (TPSA) is 47.9 Å². The summed E-state index contributed by atoms with van der Waals surface area (Å²) in [7, 11) is 0. The molecule has 0 spiro atoms. The summed E-state index contributed by atoms with van der Waals surface area (Å²) >= 11 is 0. The molecular weight excluding hydrogens is 701 g/mol. The second kappa shape index (κ2) is 12.1. The second-order valence-electron chi connectivity index (χ2n) is 14.4. The van der Waals surface area contributed by atoms with Crippen LogP contribution >= 0.6 is 0 Å². The van der Waals surface area contributed by atoms with E-state index < -0.39 is 0 Å². The van der Waals surface area contributed by atoms with Gasteiger partial charge in [0.1, 0.15) is 0 Å². The first kappa shape index (κ1) is 31.5. The zero-order chi connectivity index (χ0) is 37.6. The van der Waals surface area contributed by atoms with Crippen molar-refractivity contribution < 1.29 is 4.79 Å². The van der Waals surface area contributed by atoms with Gasteiger partial charge in [-0.1, -0.05) is 97.1 Å². The van der Waals surface area contributed by atoms with Crippen LogP contribution in [0, 0.1) is 0 Å². The number of nitrogens with zero attached hydrogens (tertiary/aromatic N) is 6. The van der Waals surface area contributed by atoms with Crippen LogP contribution in [0.3, 0.4) is 0 Å². The van der Waals surface area contributed by atoms with Crippen molar-refractivity contribution in [2.24, 2.45) is 0 Å². The van der Waals surface area contributed by atoms with Crippen LogP contribution in [0.1, 0.15) is 10.4 Å². The van der Waals surface area contributed by atoms with Crippen LogP contribution in [0.5, 0.6) is 0 Å². The minimum Gasteiger partial charge on any atom is -0.306 e. The molecule has 0 saturated carbocycles. The Morgan fingerprint density at radius 2 is 0.667 bits per heavy atom. The molecule has 12 rings (SSSR count). The van der Waals surface area contributed by atoms with Gasteiger partial charge in [-0.25, -0.2) is 4.98 Å². The van der Waals surface area contributed by atoms with Crippen molar-refractivity contribution in [1.82, 2.24) is 9.55 Å². The molecule has 268 valence electrons. The average Bonchev–Trinajstić information content (AvgIpc) is 3.80. The van der Waals surface area contributed by atoms with Gasteiger partial charge >= 0.3 is 0 Å². The van der Waals surface area contributed by atoms with Crippen LogP contribution in [0.15, 0.2) is 194 Å². The fourth-order valence-electron chi connectivity index (χ4n) is 9.03. The largest absolute Gasteiger partial charge is 0.306 e. The number of rotatable bonds is 4. The Morgan fingerprint density at radius 1 is 0.316 bits per heavy atom. The third-order valence-corrected chi connectivity index (χ3v) is 11.3. The molecule has 8 aromatic carbocycles. The lowest BCUT2D eigenvalue weighted by molar-refractivity contribution is 0.0974. The van der Waals surface area contributed by atoms with Crippen LogP contribution in [-0.4, -0.2) is 15.5 Å². The number of carbonyl (C=O) groups is 1. The molecule has 0 saturated heterocycles. The fourth-order valence-corrected chi connectivity index (χ4v) is 9.03. The summed E-state index contributed by atoms with van der Waals surface area (Å²) in [6.45, 7) is 0. The molecule has 0 atom stereocenters. The molecule has 0 N–H and O–H groups in total. The zero-order valence-electron chi connectivity index (χ0n) is 30.6. The molecule has 0 bridgehead atoms. The van der Waals surface area contributed by atoms with E-state index in [1.807, 2.05) is 41.0 Å². The Balaban J connectivity index is 1.14. The minimum atomic E-state index is -0.101. The summed E-state index contributed by atoms with van der Waals surface area (Å²) in [5.41, 5.74) is 14.9. The monoisotopic (exact) mass is 732 g/mol. The van der Waals surface area contributed by atoms with Gasteiger partial charge in [-0.05, 0) is 97.1 Å². The first-order valence-corrected chi connectivity index (χ1v) is 19.1. The van der Waals surface area contributed by atoms with Crippen molar-refractivity contribution in [3.05, 3.63) is 200 Å². The molecule has 0 fully saturated rings. The van der Waals surface area contributed by atoms with E-state index in [1.165, 1.54) is 0 Å². The second-order valence-corrected chi connectivity index (χ2v) is 14.4. The summed E-state index contributed by atoms with van der Waals surface area (Å²) in [6, 6.07) is 67.0. The van der Waals surface area contributed by atoms with Crippen molar-refractivity contribution in [1.29, 1.82) is 0 Å². The van der Waals surface area contributed by atoms with E-state index in [1.54, 1.807) is 0 Å². The SMILES string of the molecule is O=C1c2c(N3c4ccccc4N(c4ccccc4)c4ccccc43)ccc(N3c4ccccc4N(c4ccccc4)c4ccccc43)c2-c2nc3ccccc3n21. The van der Waals surface area contributed by atoms with Crippen LogP contribution < -0.4 is 19.6 Å². The van der Waals surface area contributed by atoms with Gasteiger partial charge in [-0.15, -0.1) is 0 Å². The summed E-state index contributed by atoms with van der Waals surface area (Å²) in [6.07, 6.45) is 0. The standard InChI is InChI=1S/C50H32N6O/c57-50-48-46(55-43-29-15-11-25-39(43)53(34-19-5-2-6-20-34)40-26-12-16-30-44(40)55)32-31-45(47(48)49-51-35-21-7-8-22-36(35)56(49)50)54-41-27-13-9-23-37(41)52(33-17-3-1-4-18-33)38-24-10-14-28-42(38)54/h1-32H. The molecular formula is C50H32N6O. The molecule has 7 heteroatoms. The van der Waals surface area contributed by atoms with Crippen LogP contribution in [0.25, 0.3) is 22.4 Å². The van der Waals surface area contributed by atoms with Crippen molar-refractivity contribution in [3.8, 4) is 11.4 Å². The maximum absolute atomic E-state index is 15.4. The van der Waals surface area contributed by atoms with Gasteiger partial charge in [0.25, 0.3) is 5.91 Å². The van der Waals surface area contributed by atoms with E-state index in [0.29, 0.717) is 11.4 Å². The number of aromatic nitrogens is 2. The number of hydrogen-bond donors (Lipinski definition) is 0. The van der Waals surface area contributed by atoms with Gasteiger partial charge in [0, 0.05) is 11.4 Å². The number of anilines is 12. The summed E-state index contributed by atoms with van der Waals surface area (Å²) < 4.78 is 1.81. The minimum absolute atomic E-state index is 0.101. The van der Waals surface area contributed by atoms with Gasteiger partial charge in [-0.2, -0.15) is 0 Å². The smallest absolute Gasteiger partial charge is 0.267 e. The molecule has 1 aromatic heterocycles. The lowest BCUT2D eigenvalue weighted by Crippen LogP contribution is -2.26. The fraction of sp³-hybridized carbons (Fsp3) is 0. The molecule has 3 aliphatic rings. The molecule has 0 radical (unpaired) electrons. The van der Waals surface area contributed by atoms with Gasteiger partial charge in [0.15, 0.2) is 5.82 Å². The van der Waals surface area contributed by atoms with E-state index in [2.05, 4.69) is 177 Å². The zero-order valence-corrected chi connectivity index (χ0v) is 30.6. The van der Waals surface area contributed by atoms with Crippen LogP contribution in [0.4, 0.5) is 68.2 Å². The molecule has 0 amide bonds. The van der Waals surface area contributed by atoms with E-state index in [0.717, 1.165) is 84.8 Å². The molecule has 4 heterocycles. The van der Waals surface area contributed by atoms with Crippen molar-refractivity contribution in [2.45, 2.75) is 0 Å². The molecule has 7 nitrogen and oxygen atoms in total. The highest BCUT2D eigenvalue weighted by molar-refractivity contribution is 6.21. The summed E-state index contributed by atoms with van der Waals surface area (Å²) in [5.74, 6) is 0.536. The molecule has 3 aliphatic heterocycles. The Bertz CT molecular complexity index is 2990. The maximum Gasteiger partial charge on any atom is 0.267 e. The maximum atomic E-state index is 15.4. The lowest BCUT2D eigenvalue weighted by Gasteiger charge is -2.42. The Hall–Kier alpha value is -7.90. The van der Waals surface area contributed by atoms with Gasteiger partial charge in [0.2, 0.25) is 0 Å². The van der Waals surface area contributed by atoms with Crippen molar-refractivity contribution in [2.75, 3.05) is 19.6 Å². The van der Waals surface area contributed by atoms with Crippen molar-refractivity contribution >= 4 is 85.2 Å². The quantitative estimate of drug-likeness (QED) is 0.180. The molecule has 9 aromatic rings. The van der Waals surface area contributed by atoms with Crippen molar-refractivity contribution in [3.63, 3.8) is 0 Å². The third-order valence-electron chi connectivity index (χ3n) is 11.3. The van der Waals surface area contributed by atoms with Gasteiger partial charge in [0.05, 0.1) is 79.0 Å². The van der Waals surface area contributed by atoms with Crippen LogP contribution in [-0.2, 0) is 0 Å². The Kier molecular flexibility index (Phi) is 6.65. The van der Waals surface area contributed by atoms with E-state index in [9.17, 15) is 0 Å². The van der Waals surface area contributed by atoms with Gasteiger partial charge in [-0.3, -0.25) is 9.36 Å². The third kappa shape index (κ3) is 4.42. The van der Waals surface area contributed by atoms with Gasteiger partial charge < -0.3 is 19.6 Å². The highest BCUT2D eigenvalue weighted by Crippen LogP contribution is 2.60. The number of fused-ring (bicyclic) bond motifs is 9. The number of benzene rings is 8. The van der Waals surface area contributed by atoms with E-state index in [4.69, 9.17) is 4.98 Å². The average molecular weight is 733 g/mol. The van der Waals surface area contributed by atoms with E-state index in [-0.39, 0.29) is 5.91 Å². The normalized spacial score (nSPS) is 13.5. The number of imidazole rings is 1. The number of hydrogen-bond acceptors (Lipinski definition) is 6. The molecule has 0 unspecified atom stereocenters. The predicted octanol–water partition coefficient (Wildman–Crippen LogP) is 13.2. The van der Waals surface area contributed by atoms with Crippen LogP contribution in [0.2, 0.25) is 0 Å². The Morgan fingerprint density at radius 3 is 1.11 bits per heavy atom. The molecule has 57 heavy (non-hydrogen) atoms. The summed E-state index contributed by atoms with van der Waals surface area (Å²) in [5, 5.41) is 0. The number of para-hydroxylation sites is 12. The molecule has 0 aliphatic carbocycles. The predicted molar refractivity (Wildman–Crippen MR) is 231 cm³/mol. The summed E-state index contributed by atoms with van der Waals surface area (Å²) in [4.78, 5) is 29.8. The first-order valence-electron chi connectivity index (χ1n) is 19.1.